The SMILES string of the molecule is O=C(CSCc1ccccn1)Nc1nc(-c2cccs2)cs1. The molecule has 0 spiro atoms. The van der Waals surface area contributed by atoms with Gasteiger partial charge in [-0.1, -0.05) is 12.1 Å². The van der Waals surface area contributed by atoms with Crippen molar-refractivity contribution in [3.8, 4) is 10.6 Å². The van der Waals surface area contributed by atoms with Crippen LogP contribution >= 0.6 is 34.4 Å². The Morgan fingerprint density at radius 1 is 1.23 bits per heavy atom. The van der Waals surface area contributed by atoms with Crippen molar-refractivity contribution < 1.29 is 4.79 Å². The minimum Gasteiger partial charge on any atom is -0.301 e. The lowest BCUT2D eigenvalue weighted by Crippen LogP contribution is -2.14. The van der Waals surface area contributed by atoms with Gasteiger partial charge in [0, 0.05) is 17.3 Å². The number of nitrogens with zero attached hydrogens (tertiary/aromatic N) is 2. The Morgan fingerprint density at radius 2 is 2.18 bits per heavy atom. The van der Waals surface area contributed by atoms with Gasteiger partial charge in [-0.3, -0.25) is 9.78 Å². The van der Waals surface area contributed by atoms with Crippen LogP contribution in [0.15, 0.2) is 47.3 Å². The van der Waals surface area contributed by atoms with Crippen molar-refractivity contribution in [2.24, 2.45) is 0 Å². The molecule has 1 N–H and O–H groups in total. The number of thioether (sulfide) groups is 1. The maximum atomic E-state index is 11.9. The molecule has 112 valence electrons. The Labute approximate surface area is 140 Å². The number of carbonyl (C=O) groups is 1. The summed E-state index contributed by atoms with van der Waals surface area (Å²) in [6, 6.07) is 9.80. The number of carbonyl (C=O) groups excluding carboxylic acids is 1. The van der Waals surface area contributed by atoms with E-state index in [9.17, 15) is 4.79 Å². The summed E-state index contributed by atoms with van der Waals surface area (Å²) in [7, 11) is 0. The number of pyridine rings is 1. The van der Waals surface area contributed by atoms with Crippen LogP contribution in [0.2, 0.25) is 0 Å². The molecule has 0 atom stereocenters. The topological polar surface area (TPSA) is 54.9 Å². The molecule has 0 aliphatic rings. The number of hydrogen-bond acceptors (Lipinski definition) is 6. The summed E-state index contributed by atoms with van der Waals surface area (Å²) in [5.41, 5.74) is 1.89. The quantitative estimate of drug-likeness (QED) is 0.728. The highest BCUT2D eigenvalue weighted by molar-refractivity contribution is 7.99. The summed E-state index contributed by atoms with van der Waals surface area (Å²) in [5.74, 6) is 1.09. The zero-order valence-corrected chi connectivity index (χ0v) is 14.0. The van der Waals surface area contributed by atoms with E-state index in [1.807, 2.05) is 41.1 Å². The van der Waals surface area contributed by atoms with E-state index in [1.165, 1.54) is 11.3 Å². The predicted octanol–water partition coefficient (Wildman–Crippen LogP) is 4.14. The molecule has 0 saturated heterocycles. The molecule has 0 radical (unpaired) electrons. The smallest absolute Gasteiger partial charge is 0.236 e. The van der Waals surface area contributed by atoms with Crippen molar-refractivity contribution in [2.75, 3.05) is 11.1 Å². The molecule has 3 rings (SSSR count). The molecule has 7 heteroatoms. The Balaban J connectivity index is 1.48. The van der Waals surface area contributed by atoms with Gasteiger partial charge in [0.15, 0.2) is 5.13 Å². The van der Waals surface area contributed by atoms with Gasteiger partial charge in [0.2, 0.25) is 5.91 Å². The average molecular weight is 347 g/mol. The van der Waals surface area contributed by atoms with E-state index in [4.69, 9.17) is 0 Å². The number of hydrogen-bond donors (Lipinski definition) is 1. The van der Waals surface area contributed by atoms with E-state index >= 15 is 0 Å². The van der Waals surface area contributed by atoms with Crippen molar-refractivity contribution >= 4 is 45.5 Å². The number of anilines is 1. The summed E-state index contributed by atoms with van der Waals surface area (Å²) in [4.78, 5) is 21.7. The first-order valence-corrected chi connectivity index (χ1v) is 9.49. The third-order valence-corrected chi connectivity index (χ3v) is 5.35. The first-order chi connectivity index (χ1) is 10.8. The van der Waals surface area contributed by atoms with Crippen LogP contribution in [-0.2, 0) is 10.5 Å². The van der Waals surface area contributed by atoms with Crippen LogP contribution < -0.4 is 5.32 Å². The van der Waals surface area contributed by atoms with Gasteiger partial charge in [-0.05, 0) is 23.6 Å². The van der Waals surface area contributed by atoms with E-state index in [2.05, 4.69) is 15.3 Å². The minimum absolute atomic E-state index is 0.0342. The number of aromatic nitrogens is 2. The predicted molar refractivity (Wildman–Crippen MR) is 94.5 cm³/mol. The molecular formula is C15H13N3OS3. The summed E-state index contributed by atoms with van der Waals surface area (Å²) < 4.78 is 0. The number of nitrogens with one attached hydrogen (secondary N) is 1. The highest BCUT2D eigenvalue weighted by Crippen LogP contribution is 2.28. The van der Waals surface area contributed by atoms with Crippen molar-refractivity contribution in [2.45, 2.75) is 5.75 Å². The average Bonchev–Trinajstić information content (AvgIpc) is 3.19. The van der Waals surface area contributed by atoms with Crippen LogP contribution in [0.1, 0.15) is 5.69 Å². The highest BCUT2D eigenvalue weighted by atomic mass is 32.2. The number of thiophene rings is 1. The van der Waals surface area contributed by atoms with Gasteiger partial charge in [-0.15, -0.1) is 34.4 Å². The van der Waals surface area contributed by atoms with Gasteiger partial charge in [0.25, 0.3) is 0 Å². The van der Waals surface area contributed by atoms with Crippen LogP contribution in [0.25, 0.3) is 10.6 Å². The normalized spacial score (nSPS) is 10.5. The Morgan fingerprint density at radius 3 is 2.95 bits per heavy atom. The summed E-state index contributed by atoms with van der Waals surface area (Å²) in [6.07, 6.45) is 1.76. The Kier molecular flexibility index (Phi) is 5.20. The Hall–Kier alpha value is -1.70. The van der Waals surface area contributed by atoms with Gasteiger partial charge >= 0.3 is 0 Å². The van der Waals surface area contributed by atoms with E-state index in [-0.39, 0.29) is 5.91 Å². The van der Waals surface area contributed by atoms with Crippen LogP contribution in [0.4, 0.5) is 5.13 Å². The largest absolute Gasteiger partial charge is 0.301 e. The molecule has 22 heavy (non-hydrogen) atoms. The number of thiazole rings is 1. The van der Waals surface area contributed by atoms with E-state index in [0.29, 0.717) is 10.9 Å². The van der Waals surface area contributed by atoms with Crippen LogP contribution in [0.3, 0.4) is 0 Å². The minimum atomic E-state index is -0.0342. The van der Waals surface area contributed by atoms with Gasteiger partial charge in [-0.2, -0.15) is 0 Å². The summed E-state index contributed by atoms with van der Waals surface area (Å²) >= 11 is 4.63. The second-order valence-electron chi connectivity index (χ2n) is 4.38. The molecule has 1 amide bonds. The van der Waals surface area contributed by atoms with E-state index < -0.39 is 0 Å². The first kappa shape index (κ1) is 15.2. The zero-order valence-electron chi connectivity index (χ0n) is 11.6. The van der Waals surface area contributed by atoms with Crippen molar-refractivity contribution in [1.29, 1.82) is 0 Å². The molecule has 0 unspecified atom stereocenters. The molecule has 3 heterocycles. The lowest BCUT2D eigenvalue weighted by Gasteiger charge is -2.01. The molecule has 0 aliphatic heterocycles. The monoisotopic (exact) mass is 347 g/mol. The van der Waals surface area contributed by atoms with E-state index in [1.54, 1.807) is 29.3 Å². The molecule has 3 aromatic heterocycles. The number of rotatable bonds is 6. The molecular weight excluding hydrogens is 334 g/mol. The lowest BCUT2D eigenvalue weighted by atomic mass is 10.4. The highest BCUT2D eigenvalue weighted by Gasteiger charge is 2.08. The zero-order chi connectivity index (χ0) is 15.2. The van der Waals surface area contributed by atoms with Crippen LogP contribution in [-0.4, -0.2) is 21.6 Å². The molecule has 0 aromatic carbocycles. The summed E-state index contributed by atoms with van der Waals surface area (Å²) in [6.45, 7) is 0. The molecule has 4 nitrogen and oxygen atoms in total. The van der Waals surface area contributed by atoms with Crippen molar-refractivity contribution in [1.82, 2.24) is 9.97 Å². The maximum absolute atomic E-state index is 11.9. The molecule has 0 bridgehead atoms. The van der Waals surface area contributed by atoms with Gasteiger partial charge in [0.05, 0.1) is 22.0 Å². The number of amides is 1. The van der Waals surface area contributed by atoms with Gasteiger partial charge < -0.3 is 5.32 Å². The Bertz CT molecular complexity index is 726. The fourth-order valence-corrected chi connectivity index (χ4v) is 3.98. The van der Waals surface area contributed by atoms with E-state index in [0.717, 1.165) is 22.0 Å². The fraction of sp³-hybridized carbons (Fsp3) is 0.133. The van der Waals surface area contributed by atoms with Gasteiger partial charge in [-0.25, -0.2) is 4.98 Å². The molecule has 3 aromatic rings. The second kappa shape index (κ2) is 7.53. The standard InChI is InChI=1S/C15H13N3OS3/c19-14(10-20-8-11-4-1-2-6-16-11)18-15-17-12(9-22-15)13-5-3-7-21-13/h1-7,9H,8,10H2,(H,17,18,19). The summed E-state index contributed by atoms with van der Waals surface area (Å²) in [5, 5.41) is 7.46. The van der Waals surface area contributed by atoms with Crippen LogP contribution in [0, 0.1) is 0 Å². The third-order valence-electron chi connectivity index (χ3n) is 2.73. The van der Waals surface area contributed by atoms with Crippen molar-refractivity contribution in [3.05, 3.63) is 53.0 Å². The first-order valence-electron chi connectivity index (χ1n) is 6.58. The third kappa shape index (κ3) is 4.16. The maximum Gasteiger partial charge on any atom is 0.236 e. The molecule has 0 saturated carbocycles. The van der Waals surface area contributed by atoms with Crippen LogP contribution in [0.5, 0.6) is 0 Å². The fourth-order valence-electron chi connectivity index (χ4n) is 1.76. The lowest BCUT2D eigenvalue weighted by molar-refractivity contribution is -0.113. The van der Waals surface area contributed by atoms with Gasteiger partial charge in [0.1, 0.15) is 0 Å². The van der Waals surface area contributed by atoms with Crippen molar-refractivity contribution in [3.63, 3.8) is 0 Å². The second-order valence-corrected chi connectivity index (χ2v) is 7.17. The molecule has 0 aliphatic carbocycles. The molecule has 0 fully saturated rings.